The molecule has 0 bridgehead atoms. The summed E-state index contributed by atoms with van der Waals surface area (Å²) in [5, 5.41) is 19.0. The first-order valence-electron chi connectivity index (χ1n) is 5.82. The van der Waals surface area contributed by atoms with Gasteiger partial charge in [0.15, 0.2) is 0 Å². The molecule has 0 radical (unpaired) electrons. The van der Waals surface area contributed by atoms with Crippen LogP contribution in [0, 0.1) is 17.2 Å². The van der Waals surface area contributed by atoms with Crippen LogP contribution in [0.3, 0.4) is 0 Å². The highest BCUT2D eigenvalue weighted by Crippen LogP contribution is 2.41. The fourth-order valence-electron chi connectivity index (χ4n) is 2.54. The quantitative estimate of drug-likeness (QED) is 0.869. The molecule has 1 aliphatic carbocycles. The van der Waals surface area contributed by atoms with E-state index in [-0.39, 0.29) is 29.8 Å². The van der Waals surface area contributed by atoms with Gasteiger partial charge in [-0.3, -0.25) is 0 Å². The van der Waals surface area contributed by atoms with Crippen molar-refractivity contribution in [1.29, 1.82) is 5.26 Å². The Morgan fingerprint density at radius 1 is 1.39 bits per heavy atom. The molecule has 98 valence electrons. The minimum Gasteiger partial charge on any atom is -0.506 e. The Morgan fingerprint density at radius 2 is 2.00 bits per heavy atom. The van der Waals surface area contributed by atoms with Gasteiger partial charge < -0.3 is 10.8 Å². The lowest BCUT2D eigenvalue weighted by molar-refractivity contribution is 0.410. The second kappa shape index (κ2) is 6.42. The molecule has 0 spiro atoms. The number of rotatable bonds is 2. The average Bonchev–Trinajstić information content (AvgIpc) is 2.82. The molecular weight excluding hydrogens is 316 g/mol. The SMILES string of the molecule is Cl.N#Cc1ccc(Br)c([C@H](N)C2CCCC2)c1O. The molecule has 0 aliphatic heterocycles. The molecule has 0 unspecified atom stereocenters. The van der Waals surface area contributed by atoms with Crippen molar-refractivity contribution in [2.24, 2.45) is 11.7 Å². The summed E-state index contributed by atoms with van der Waals surface area (Å²) >= 11 is 3.41. The van der Waals surface area contributed by atoms with Crippen molar-refractivity contribution in [2.75, 3.05) is 0 Å². The van der Waals surface area contributed by atoms with E-state index in [2.05, 4.69) is 15.9 Å². The third-order valence-electron chi connectivity index (χ3n) is 3.53. The summed E-state index contributed by atoms with van der Waals surface area (Å²) in [6.45, 7) is 0. The molecule has 5 heteroatoms. The molecule has 1 aliphatic rings. The van der Waals surface area contributed by atoms with Crippen molar-refractivity contribution in [2.45, 2.75) is 31.7 Å². The Labute approximate surface area is 122 Å². The van der Waals surface area contributed by atoms with Crippen LogP contribution in [0.4, 0.5) is 0 Å². The largest absolute Gasteiger partial charge is 0.506 e. The number of phenols is 1. The predicted octanol–water partition coefficient (Wildman–Crippen LogP) is 3.64. The number of aromatic hydroxyl groups is 1. The third kappa shape index (κ3) is 2.80. The van der Waals surface area contributed by atoms with Gasteiger partial charge in [-0.1, -0.05) is 28.8 Å². The summed E-state index contributed by atoms with van der Waals surface area (Å²) in [6.07, 6.45) is 4.61. The van der Waals surface area contributed by atoms with Gasteiger partial charge in [-0.25, -0.2) is 0 Å². The number of hydrogen-bond acceptors (Lipinski definition) is 3. The number of phenolic OH excluding ortho intramolecular Hbond substituents is 1. The van der Waals surface area contributed by atoms with Crippen molar-refractivity contribution < 1.29 is 5.11 Å². The highest BCUT2D eigenvalue weighted by atomic mass is 79.9. The average molecular weight is 332 g/mol. The molecule has 3 N–H and O–H groups in total. The number of nitrogens with zero attached hydrogens (tertiary/aromatic N) is 1. The van der Waals surface area contributed by atoms with Crippen molar-refractivity contribution in [3.8, 4) is 11.8 Å². The summed E-state index contributed by atoms with van der Waals surface area (Å²) in [4.78, 5) is 0. The van der Waals surface area contributed by atoms with E-state index in [0.717, 1.165) is 17.3 Å². The van der Waals surface area contributed by atoms with Crippen molar-refractivity contribution in [3.05, 3.63) is 27.7 Å². The fraction of sp³-hybridized carbons (Fsp3) is 0.462. The third-order valence-corrected chi connectivity index (χ3v) is 4.22. The molecule has 1 fully saturated rings. The van der Waals surface area contributed by atoms with Crippen LogP contribution in [0.1, 0.15) is 42.9 Å². The van der Waals surface area contributed by atoms with E-state index in [4.69, 9.17) is 11.0 Å². The monoisotopic (exact) mass is 330 g/mol. The zero-order valence-electron chi connectivity index (χ0n) is 9.90. The summed E-state index contributed by atoms with van der Waals surface area (Å²) in [7, 11) is 0. The molecule has 1 aromatic carbocycles. The van der Waals surface area contributed by atoms with Gasteiger partial charge in [0.1, 0.15) is 11.8 Å². The van der Waals surface area contributed by atoms with Gasteiger partial charge in [0, 0.05) is 16.1 Å². The lowest BCUT2D eigenvalue weighted by atomic mass is 9.91. The van der Waals surface area contributed by atoms with Crippen molar-refractivity contribution in [1.82, 2.24) is 0 Å². The molecule has 1 saturated carbocycles. The molecular formula is C13H16BrClN2O. The van der Waals surface area contributed by atoms with Crippen molar-refractivity contribution >= 4 is 28.3 Å². The molecule has 2 rings (SSSR count). The highest BCUT2D eigenvalue weighted by molar-refractivity contribution is 9.10. The first-order chi connectivity index (χ1) is 8.15. The molecule has 0 heterocycles. The Bertz CT molecular complexity index is 467. The van der Waals surface area contributed by atoms with Gasteiger partial charge in [0.05, 0.1) is 5.56 Å². The minimum atomic E-state index is -0.194. The maximum atomic E-state index is 10.1. The standard InChI is InChI=1S/C13H15BrN2O.ClH/c14-10-6-5-9(7-15)13(17)11(10)12(16)8-3-1-2-4-8;/h5-6,8,12,17H,1-4,16H2;1H/t12-;/m1./s1. The molecule has 18 heavy (non-hydrogen) atoms. The maximum Gasteiger partial charge on any atom is 0.139 e. The van der Waals surface area contributed by atoms with Crippen LogP contribution in [0.5, 0.6) is 5.75 Å². The second-order valence-corrected chi connectivity index (χ2v) is 5.39. The number of nitriles is 1. The van der Waals surface area contributed by atoms with Crippen LogP contribution in [0.15, 0.2) is 16.6 Å². The molecule has 1 atom stereocenters. The van der Waals surface area contributed by atoms with Gasteiger partial charge in [0.2, 0.25) is 0 Å². The summed E-state index contributed by atoms with van der Waals surface area (Å²) in [5.41, 5.74) is 7.19. The summed E-state index contributed by atoms with van der Waals surface area (Å²) < 4.78 is 0.786. The van der Waals surface area contributed by atoms with Gasteiger partial charge in [-0.05, 0) is 30.9 Å². The number of hydrogen-bond donors (Lipinski definition) is 2. The summed E-state index contributed by atoms with van der Waals surface area (Å²) in [5.74, 6) is 0.437. The Kier molecular flexibility index (Phi) is 5.46. The molecule has 0 aromatic heterocycles. The summed E-state index contributed by atoms with van der Waals surface area (Å²) in [6, 6.07) is 5.17. The number of nitrogens with two attached hydrogens (primary N) is 1. The van der Waals surface area contributed by atoms with E-state index in [9.17, 15) is 5.11 Å². The van der Waals surface area contributed by atoms with Crippen LogP contribution in [0.2, 0.25) is 0 Å². The molecule has 0 saturated heterocycles. The number of benzene rings is 1. The first-order valence-corrected chi connectivity index (χ1v) is 6.61. The molecule has 1 aromatic rings. The fourth-order valence-corrected chi connectivity index (χ4v) is 3.13. The van der Waals surface area contributed by atoms with E-state index < -0.39 is 0 Å². The normalized spacial score (nSPS) is 16.9. The lowest BCUT2D eigenvalue weighted by Gasteiger charge is -2.21. The Morgan fingerprint density at radius 3 is 2.56 bits per heavy atom. The Balaban J connectivity index is 0.00000162. The number of halogens is 2. The minimum absolute atomic E-state index is 0. The highest BCUT2D eigenvalue weighted by Gasteiger charge is 2.27. The maximum absolute atomic E-state index is 10.1. The van der Waals surface area contributed by atoms with Crippen molar-refractivity contribution in [3.63, 3.8) is 0 Å². The Hall–Kier alpha value is -0.760. The topological polar surface area (TPSA) is 70.0 Å². The van der Waals surface area contributed by atoms with E-state index >= 15 is 0 Å². The molecule has 3 nitrogen and oxygen atoms in total. The predicted molar refractivity (Wildman–Crippen MR) is 76.7 cm³/mol. The lowest BCUT2D eigenvalue weighted by Crippen LogP contribution is -2.20. The van der Waals surface area contributed by atoms with Gasteiger partial charge in [0.25, 0.3) is 0 Å². The van der Waals surface area contributed by atoms with Gasteiger partial charge >= 0.3 is 0 Å². The van der Waals surface area contributed by atoms with Crippen LogP contribution in [-0.2, 0) is 0 Å². The molecule has 0 amide bonds. The van der Waals surface area contributed by atoms with E-state index in [1.807, 2.05) is 6.07 Å². The zero-order valence-corrected chi connectivity index (χ0v) is 12.3. The van der Waals surface area contributed by atoms with E-state index in [1.54, 1.807) is 12.1 Å². The van der Waals surface area contributed by atoms with Crippen LogP contribution in [0.25, 0.3) is 0 Å². The van der Waals surface area contributed by atoms with E-state index in [1.165, 1.54) is 12.8 Å². The smallest absolute Gasteiger partial charge is 0.139 e. The first kappa shape index (κ1) is 15.3. The van der Waals surface area contributed by atoms with Crippen LogP contribution < -0.4 is 5.73 Å². The van der Waals surface area contributed by atoms with Gasteiger partial charge in [-0.2, -0.15) is 5.26 Å². The van der Waals surface area contributed by atoms with Gasteiger partial charge in [-0.15, -0.1) is 12.4 Å². The van der Waals surface area contributed by atoms with Crippen LogP contribution >= 0.6 is 28.3 Å². The van der Waals surface area contributed by atoms with E-state index in [0.29, 0.717) is 11.5 Å². The zero-order chi connectivity index (χ0) is 12.4. The second-order valence-electron chi connectivity index (χ2n) is 4.54. The van der Waals surface area contributed by atoms with Crippen LogP contribution in [-0.4, -0.2) is 5.11 Å².